The van der Waals surface area contributed by atoms with Crippen molar-refractivity contribution in [3.8, 4) is 5.75 Å². The molecule has 1 fully saturated rings. The summed E-state index contributed by atoms with van der Waals surface area (Å²) in [6.07, 6.45) is 2.07. The van der Waals surface area contributed by atoms with Crippen molar-refractivity contribution in [2.75, 3.05) is 26.7 Å². The van der Waals surface area contributed by atoms with E-state index >= 15 is 0 Å². The monoisotopic (exact) mass is 291 g/mol. The van der Waals surface area contributed by atoms with Crippen LogP contribution >= 0.6 is 0 Å². The minimum Gasteiger partial charge on any atom is -0.484 e. The van der Waals surface area contributed by atoms with E-state index in [1.54, 1.807) is 24.3 Å². The summed E-state index contributed by atoms with van der Waals surface area (Å²) in [5, 5.41) is 3.12. The van der Waals surface area contributed by atoms with Crippen LogP contribution in [-0.2, 0) is 4.79 Å². The van der Waals surface area contributed by atoms with Crippen LogP contribution < -0.4 is 15.8 Å². The summed E-state index contributed by atoms with van der Waals surface area (Å²) >= 11 is 0. The Morgan fingerprint density at radius 2 is 2.10 bits per heavy atom. The molecule has 2 amide bonds. The van der Waals surface area contributed by atoms with Crippen LogP contribution in [0.1, 0.15) is 23.2 Å². The minimum absolute atomic E-state index is 0.0363. The molecule has 1 saturated heterocycles. The molecule has 3 N–H and O–H groups in total. The molecule has 21 heavy (non-hydrogen) atoms. The number of nitrogens with one attached hydrogen (secondary N) is 1. The molecule has 0 saturated carbocycles. The molecule has 114 valence electrons. The van der Waals surface area contributed by atoms with Crippen LogP contribution in [0.15, 0.2) is 24.3 Å². The quantitative estimate of drug-likeness (QED) is 0.793. The lowest BCUT2D eigenvalue weighted by Gasteiger charge is -2.24. The summed E-state index contributed by atoms with van der Waals surface area (Å²) in [6.45, 7) is 1.44. The number of primary amides is 1. The molecule has 2 rings (SSSR count). The van der Waals surface area contributed by atoms with E-state index in [1.807, 2.05) is 11.9 Å². The van der Waals surface area contributed by atoms with Gasteiger partial charge in [0.2, 0.25) is 0 Å². The second-order valence-corrected chi connectivity index (χ2v) is 5.13. The van der Waals surface area contributed by atoms with E-state index in [9.17, 15) is 9.59 Å². The lowest BCUT2D eigenvalue weighted by molar-refractivity contribution is -0.119. The van der Waals surface area contributed by atoms with Crippen LogP contribution in [0.25, 0.3) is 0 Å². The first-order chi connectivity index (χ1) is 10.1. The topological polar surface area (TPSA) is 84.7 Å². The third-order valence-electron chi connectivity index (χ3n) is 3.56. The maximum absolute atomic E-state index is 12.5. The van der Waals surface area contributed by atoms with Gasteiger partial charge >= 0.3 is 0 Å². The largest absolute Gasteiger partial charge is 0.484 e. The number of ether oxygens (including phenoxy) is 1. The van der Waals surface area contributed by atoms with Gasteiger partial charge in [0.25, 0.3) is 11.8 Å². The number of hydrogen-bond acceptors (Lipinski definition) is 4. The first-order valence-electron chi connectivity index (χ1n) is 7.08. The summed E-state index contributed by atoms with van der Waals surface area (Å²) in [4.78, 5) is 25.1. The standard InChI is InChI=1S/C15H21N3O3/c1-17-9-12-3-2-8-18(12)15(20)11-4-6-13(7-5-11)21-10-14(16)19/h4-7,12,17H,2-3,8-10H2,1H3,(H2,16,19). The van der Waals surface area contributed by atoms with Gasteiger partial charge in [0.1, 0.15) is 5.75 Å². The van der Waals surface area contributed by atoms with Gasteiger partial charge in [0.05, 0.1) is 0 Å². The van der Waals surface area contributed by atoms with E-state index in [-0.39, 0.29) is 18.6 Å². The van der Waals surface area contributed by atoms with Gasteiger partial charge in [0, 0.05) is 24.7 Å². The van der Waals surface area contributed by atoms with Crippen molar-refractivity contribution in [3.63, 3.8) is 0 Å². The predicted octanol–water partition coefficient (Wildman–Crippen LogP) is 0.375. The highest BCUT2D eigenvalue weighted by atomic mass is 16.5. The minimum atomic E-state index is -0.526. The average molecular weight is 291 g/mol. The molecule has 6 heteroatoms. The molecule has 1 aliphatic rings. The zero-order valence-electron chi connectivity index (χ0n) is 12.2. The molecule has 0 aliphatic carbocycles. The number of nitrogens with two attached hydrogens (primary N) is 1. The maximum atomic E-state index is 12.5. The van der Waals surface area contributed by atoms with Gasteiger partial charge in [-0.25, -0.2) is 0 Å². The Kier molecular flexibility index (Phi) is 5.16. The van der Waals surface area contributed by atoms with Crippen LogP contribution in [0.2, 0.25) is 0 Å². The number of benzene rings is 1. The number of rotatable bonds is 6. The summed E-state index contributed by atoms with van der Waals surface area (Å²) in [5.41, 5.74) is 5.64. The Hall–Kier alpha value is -2.08. The first-order valence-corrected chi connectivity index (χ1v) is 7.08. The SMILES string of the molecule is CNCC1CCCN1C(=O)c1ccc(OCC(N)=O)cc1. The van der Waals surface area contributed by atoms with Crippen molar-refractivity contribution >= 4 is 11.8 Å². The Balaban J connectivity index is 2.00. The van der Waals surface area contributed by atoms with Gasteiger partial charge in [-0.05, 0) is 44.2 Å². The molecular weight excluding hydrogens is 270 g/mol. The molecule has 0 aromatic heterocycles. The third-order valence-corrected chi connectivity index (χ3v) is 3.56. The Morgan fingerprint density at radius 3 is 2.71 bits per heavy atom. The number of amides is 2. The molecule has 0 spiro atoms. The molecule has 1 unspecified atom stereocenters. The fourth-order valence-corrected chi connectivity index (χ4v) is 2.56. The van der Waals surface area contributed by atoms with Gasteiger partial charge in [-0.1, -0.05) is 0 Å². The van der Waals surface area contributed by atoms with Gasteiger partial charge in [0.15, 0.2) is 6.61 Å². The van der Waals surface area contributed by atoms with E-state index in [1.165, 1.54) is 0 Å². The molecule has 1 heterocycles. The first kappa shape index (κ1) is 15.3. The normalized spacial score (nSPS) is 17.8. The Labute approximate surface area is 124 Å². The van der Waals surface area contributed by atoms with E-state index in [0.717, 1.165) is 25.9 Å². The summed E-state index contributed by atoms with van der Waals surface area (Å²) in [6, 6.07) is 7.05. The van der Waals surface area contributed by atoms with Crippen LogP contribution in [0.5, 0.6) is 5.75 Å². The van der Waals surface area contributed by atoms with Crippen molar-refractivity contribution in [2.45, 2.75) is 18.9 Å². The molecular formula is C15H21N3O3. The smallest absolute Gasteiger partial charge is 0.255 e. The van der Waals surface area contributed by atoms with E-state index in [0.29, 0.717) is 11.3 Å². The van der Waals surface area contributed by atoms with Gasteiger partial charge in [-0.3, -0.25) is 9.59 Å². The molecule has 0 bridgehead atoms. The zero-order valence-corrected chi connectivity index (χ0v) is 12.2. The third kappa shape index (κ3) is 3.95. The van der Waals surface area contributed by atoms with Crippen LogP contribution in [-0.4, -0.2) is 49.5 Å². The maximum Gasteiger partial charge on any atom is 0.255 e. The van der Waals surface area contributed by atoms with Crippen LogP contribution in [0.4, 0.5) is 0 Å². The molecule has 1 aliphatic heterocycles. The summed E-state index contributed by atoms with van der Waals surface area (Å²) in [7, 11) is 1.89. The Bertz CT molecular complexity index is 501. The second kappa shape index (κ2) is 7.08. The van der Waals surface area contributed by atoms with Crippen LogP contribution in [0.3, 0.4) is 0 Å². The highest BCUT2D eigenvalue weighted by Crippen LogP contribution is 2.21. The zero-order chi connectivity index (χ0) is 15.2. The number of likely N-dealkylation sites (tertiary alicyclic amines) is 1. The molecule has 6 nitrogen and oxygen atoms in total. The summed E-state index contributed by atoms with van der Waals surface area (Å²) < 4.78 is 5.18. The fourth-order valence-electron chi connectivity index (χ4n) is 2.56. The molecule has 1 aromatic rings. The van der Waals surface area contributed by atoms with Crippen molar-refractivity contribution in [1.82, 2.24) is 10.2 Å². The fraction of sp³-hybridized carbons (Fsp3) is 0.467. The van der Waals surface area contributed by atoms with E-state index in [2.05, 4.69) is 5.32 Å². The number of nitrogens with zero attached hydrogens (tertiary/aromatic N) is 1. The van der Waals surface area contributed by atoms with Crippen molar-refractivity contribution < 1.29 is 14.3 Å². The van der Waals surface area contributed by atoms with Gasteiger partial charge < -0.3 is 20.7 Å². The van der Waals surface area contributed by atoms with Gasteiger partial charge in [-0.15, -0.1) is 0 Å². The lowest BCUT2D eigenvalue weighted by Crippen LogP contribution is -2.40. The second-order valence-electron chi connectivity index (χ2n) is 5.13. The highest BCUT2D eigenvalue weighted by molar-refractivity contribution is 5.94. The molecule has 1 atom stereocenters. The van der Waals surface area contributed by atoms with E-state index in [4.69, 9.17) is 10.5 Å². The number of hydrogen-bond donors (Lipinski definition) is 2. The van der Waals surface area contributed by atoms with Crippen molar-refractivity contribution in [3.05, 3.63) is 29.8 Å². The van der Waals surface area contributed by atoms with Crippen molar-refractivity contribution in [1.29, 1.82) is 0 Å². The predicted molar refractivity (Wildman–Crippen MR) is 79.1 cm³/mol. The molecule has 0 radical (unpaired) electrons. The number of likely N-dealkylation sites (N-methyl/N-ethyl adjacent to an activating group) is 1. The number of carbonyl (C=O) groups is 2. The lowest BCUT2D eigenvalue weighted by atomic mass is 10.1. The summed E-state index contributed by atoms with van der Waals surface area (Å²) in [5.74, 6) is 0.0369. The van der Waals surface area contributed by atoms with E-state index < -0.39 is 5.91 Å². The van der Waals surface area contributed by atoms with Crippen molar-refractivity contribution in [2.24, 2.45) is 5.73 Å². The van der Waals surface area contributed by atoms with Gasteiger partial charge in [-0.2, -0.15) is 0 Å². The highest BCUT2D eigenvalue weighted by Gasteiger charge is 2.28. The Morgan fingerprint density at radius 1 is 1.38 bits per heavy atom. The number of carbonyl (C=O) groups excluding carboxylic acids is 2. The average Bonchev–Trinajstić information content (AvgIpc) is 2.93. The molecule has 1 aromatic carbocycles. The van der Waals surface area contributed by atoms with Crippen LogP contribution in [0, 0.1) is 0 Å².